The van der Waals surface area contributed by atoms with Crippen LogP contribution < -0.4 is 5.43 Å². The average molecular weight is 420 g/mol. The largest absolute Gasteiger partial charge is 0.462 e. The van der Waals surface area contributed by atoms with Crippen LogP contribution in [0.25, 0.3) is 11.4 Å². The molecule has 0 unspecified atom stereocenters. The molecule has 30 heavy (non-hydrogen) atoms. The van der Waals surface area contributed by atoms with Gasteiger partial charge in [0.1, 0.15) is 5.56 Å². The monoisotopic (exact) mass is 420 g/mol. The molecule has 2 amide bonds. The molecule has 0 spiro atoms. The van der Waals surface area contributed by atoms with Crippen molar-refractivity contribution < 1.29 is 32.3 Å². The lowest BCUT2D eigenvalue weighted by molar-refractivity contribution is -0.138. The molecule has 0 fully saturated rings. The molecule has 0 atom stereocenters. The van der Waals surface area contributed by atoms with E-state index in [1.165, 1.54) is 19.1 Å². The average Bonchev–Trinajstić information content (AvgIpc) is 2.93. The summed E-state index contributed by atoms with van der Waals surface area (Å²) in [6.07, 6.45) is -2.29. The first-order chi connectivity index (χ1) is 14.1. The van der Waals surface area contributed by atoms with Crippen LogP contribution in [0.15, 0.2) is 42.1 Å². The third-order valence-electron chi connectivity index (χ3n) is 4.07. The highest BCUT2D eigenvalue weighted by molar-refractivity contribution is 6.16. The number of anilines is 1. The summed E-state index contributed by atoms with van der Waals surface area (Å²) in [5.74, 6) is -2.33. The summed E-state index contributed by atoms with van der Waals surface area (Å²) in [7, 11) is 0. The van der Waals surface area contributed by atoms with Crippen LogP contribution in [-0.2, 0) is 20.5 Å². The minimum absolute atomic E-state index is 0.0250. The molecule has 1 aromatic carbocycles. The predicted molar refractivity (Wildman–Crippen MR) is 97.7 cm³/mol. The predicted octanol–water partition coefficient (Wildman–Crippen LogP) is 2.98. The van der Waals surface area contributed by atoms with Crippen molar-refractivity contribution in [2.75, 3.05) is 12.0 Å². The number of nitrogens with zero attached hydrogens (tertiary/aromatic N) is 3. The Balaban J connectivity index is 1.99. The summed E-state index contributed by atoms with van der Waals surface area (Å²) in [5, 5.41) is 0.664. The molecular weight excluding hydrogens is 405 g/mol. The zero-order valence-electron chi connectivity index (χ0n) is 15.8. The lowest BCUT2D eigenvalue weighted by Crippen LogP contribution is -2.37. The Morgan fingerprint density at radius 1 is 1.20 bits per heavy atom. The van der Waals surface area contributed by atoms with Crippen molar-refractivity contribution in [3.05, 3.63) is 53.2 Å². The fourth-order valence-electron chi connectivity index (χ4n) is 2.57. The van der Waals surface area contributed by atoms with E-state index >= 15 is 0 Å². The van der Waals surface area contributed by atoms with Crippen LogP contribution in [0.2, 0.25) is 0 Å². The number of rotatable bonds is 5. The Morgan fingerprint density at radius 2 is 1.87 bits per heavy atom. The minimum Gasteiger partial charge on any atom is -0.462 e. The van der Waals surface area contributed by atoms with Gasteiger partial charge in [-0.3, -0.25) is 15.0 Å². The SMILES string of the molecule is CCOC(=O)c1cnc(-c2ccc(C(F)(F)F)cc2)nc1NN1C(=O)C=C(C)C1=O. The molecule has 11 heteroatoms. The highest BCUT2D eigenvalue weighted by Gasteiger charge is 2.31. The van der Waals surface area contributed by atoms with Gasteiger partial charge in [0.25, 0.3) is 11.8 Å². The summed E-state index contributed by atoms with van der Waals surface area (Å²) >= 11 is 0. The summed E-state index contributed by atoms with van der Waals surface area (Å²) in [6.45, 7) is 3.09. The van der Waals surface area contributed by atoms with E-state index in [0.717, 1.165) is 24.4 Å². The van der Waals surface area contributed by atoms with Gasteiger partial charge in [0.05, 0.1) is 12.2 Å². The fourth-order valence-corrected chi connectivity index (χ4v) is 2.57. The number of alkyl halides is 3. The van der Waals surface area contributed by atoms with Crippen LogP contribution in [0.1, 0.15) is 29.8 Å². The highest BCUT2D eigenvalue weighted by Crippen LogP contribution is 2.31. The van der Waals surface area contributed by atoms with E-state index in [2.05, 4.69) is 15.4 Å². The first kappa shape index (κ1) is 21.0. The maximum atomic E-state index is 12.8. The number of esters is 1. The van der Waals surface area contributed by atoms with E-state index in [1.54, 1.807) is 6.92 Å². The smallest absolute Gasteiger partial charge is 0.416 e. The van der Waals surface area contributed by atoms with Crippen LogP contribution in [0.5, 0.6) is 0 Å². The Labute approximate surface area is 168 Å². The number of benzene rings is 1. The molecule has 1 aromatic heterocycles. The van der Waals surface area contributed by atoms with Gasteiger partial charge in [0.15, 0.2) is 11.6 Å². The summed E-state index contributed by atoms with van der Waals surface area (Å²) in [4.78, 5) is 44.4. The summed E-state index contributed by atoms with van der Waals surface area (Å²) < 4.78 is 43.2. The van der Waals surface area contributed by atoms with E-state index in [1.807, 2.05) is 0 Å². The van der Waals surface area contributed by atoms with Crippen LogP contribution in [0.3, 0.4) is 0 Å². The van der Waals surface area contributed by atoms with Gasteiger partial charge >= 0.3 is 12.1 Å². The third kappa shape index (κ3) is 4.14. The first-order valence-corrected chi connectivity index (χ1v) is 8.67. The highest BCUT2D eigenvalue weighted by atomic mass is 19.4. The number of hydrazine groups is 1. The molecule has 156 valence electrons. The number of ether oxygens (including phenoxy) is 1. The van der Waals surface area contributed by atoms with Crippen LogP contribution >= 0.6 is 0 Å². The number of carbonyl (C=O) groups excluding carboxylic acids is 3. The van der Waals surface area contributed by atoms with Crippen molar-refractivity contribution in [3.8, 4) is 11.4 Å². The molecule has 1 N–H and O–H groups in total. The molecular formula is C19H15F3N4O4. The quantitative estimate of drug-likeness (QED) is 0.586. The van der Waals surface area contributed by atoms with Gasteiger partial charge in [0, 0.05) is 23.4 Å². The summed E-state index contributed by atoms with van der Waals surface area (Å²) in [5.41, 5.74) is 1.89. The van der Waals surface area contributed by atoms with Crippen LogP contribution in [0, 0.1) is 0 Å². The molecule has 0 radical (unpaired) electrons. The molecule has 0 bridgehead atoms. The van der Waals surface area contributed by atoms with Crippen molar-refractivity contribution in [3.63, 3.8) is 0 Å². The van der Waals surface area contributed by atoms with Crippen molar-refractivity contribution in [2.45, 2.75) is 20.0 Å². The number of halogens is 3. The van der Waals surface area contributed by atoms with Crippen LogP contribution in [-0.4, -0.2) is 39.4 Å². The van der Waals surface area contributed by atoms with Crippen molar-refractivity contribution in [2.24, 2.45) is 0 Å². The van der Waals surface area contributed by atoms with E-state index in [-0.39, 0.29) is 34.9 Å². The van der Waals surface area contributed by atoms with Gasteiger partial charge < -0.3 is 4.74 Å². The van der Waals surface area contributed by atoms with Gasteiger partial charge in [-0.15, -0.1) is 0 Å². The topological polar surface area (TPSA) is 101 Å². The molecule has 1 aliphatic heterocycles. The first-order valence-electron chi connectivity index (χ1n) is 8.67. The molecule has 2 heterocycles. The maximum absolute atomic E-state index is 12.8. The van der Waals surface area contributed by atoms with Crippen molar-refractivity contribution in [1.82, 2.24) is 15.0 Å². The second-order valence-electron chi connectivity index (χ2n) is 6.17. The second kappa shape index (κ2) is 7.93. The lowest BCUT2D eigenvalue weighted by atomic mass is 10.1. The van der Waals surface area contributed by atoms with E-state index in [9.17, 15) is 27.6 Å². The van der Waals surface area contributed by atoms with E-state index < -0.39 is 29.5 Å². The van der Waals surface area contributed by atoms with Gasteiger partial charge in [0.2, 0.25) is 0 Å². The van der Waals surface area contributed by atoms with Gasteiger partial charge in [-0.2, -0.15) is 18.2 Å². The molecule has 0 saturated carbocycles. The number of imide groups is 1. The third-order valence-corrected chi connectivity index (χ3v) is 4.07. The number of carbonyl (C=O) groups is 3. The Morgan fingerprint density at radius 3 is 2.40 bits per heavy atom. The zero-order valence-corrected chi connectivity index (χ0v) is 15.8. The molecule has 0 saturated heterocycles. The number of hydrogen-bond donors (Lipinski definition) is 1. The van der Waals surface area contributed by atoms with Gasteiger partial charge in [-0.25, -0.2) is 14.8 Å². The number of aromatic nitrogens is 2. The molecule has 1 aliphatic rings. The second-order valence-corrected chi connectivity index (χ2v) is 6.17. The Bertz CT molecular complexity index is 1050. The lowest BCUT2D eigenvalue weighted by Gasteiger charge is -2.18. The van der Waals surface area contributed by atoms with Crippen molar-refractivity contribution >= 4 is 23.6 Å². The molecule has 2 aromatic rings. The van der Waals surface area contributed by atoms with E-state index in [0.29, 0.717) is 5.01 Å². The van der Waals surface area contributed by atoms with E-state index in [4.69, 9.17) is 4.74 Å². The normalized spacial score (nSPS) is 14.0. The number of nitrogens with one attached hydrogen (secondary N) is 1. The van der Waals surface area contributed by atoms with Crippen LogP contribution in [0.4, 0.5) is 19.0 Å². The zero-order chi connectivity index (χ0) is 22.1. The Hall–Kier alpha value is -3.76. The molecule has 8 nitrogen and oxygen atoms in total. The maximum Gasteiger partial charge on any atom is 0.416 e. The Kier molecular flexibility index (Phi) is 5.54. The minimum atomic E-state index is -4.50. The van der Waals surface area contributed by atoms with Crippen molar-refractivity contribution in [1.29, 1.82) is 0 Å². The molecule has 0 aliphatic carbocycles. The van der Waals surface area contributed by atoms with Gasteiger partial charge in [-0.1, -0.05) is 12.1 Å². The summed E-state index contributed by atoms with van der Waals surface area (Å²) in [6, 6.07) is 4.07. The fraction of sp³-hybridized carbons (Fsp3) is 0.211. The number of amides is 2. The standard InChI is InChI=1S/C19H15F3N4O4/c1-3-30-18(29)13-9-23-15(11-4-6-12(7-5-11)19(20,21)22)24-16(13)25-26-14(27)8-10(2)17(26)28/h4-9H,3H2,1-2H3,(H,23,24,25). The molecule has 3 rings (SSSR count). The van der Waals surface area contributed by atoms with Gasteiger partial charge in [-0.05, 0) is 26.0 Å². The number of hydrogen-bond acceptors (Lipinski definition) is 7.